The van der Waals surface area contributed by atoms with E-state index in [0.717, 1.165) is 6.54 Å². The molecule has 0 bridgehead atoms. The Labute approximate surface area is 140 Å². The highest BCUT2D eigenvalue weighted by Gasteiger charge is 2.25. The van der Waals surface area contributed by atoms with Gasteiger partial charge in [-0.15, -0.1) is 0 Å². The summed E-state index contributed by atoms with van der Waals surface area (Å²) in [7, 11) is 0. The standard InChI is InChI=1S/C21H28N2/c1-17(19-12-6-3-7-13-19)23-21-15-9-8-14-20(21)22-16-18-10-4-2-5-11-18/h2-7,10-13,17,20-23H,8-9,14-16H2,1H3/t17-,20+,21+/m0/s1. The fraction of sp³-hybridized carbons (Fsp3) is 0.429. The highest BCUT2D eigenvalue weighted by molar-refractivity contribution is 5.18. The molecule has 0 aliphatic heterocycles. The Hall–Kier alpha value is -1.64. The zero-order valence-corrected chi connectivity index (χ0v) is 14.0. The van der Waals surface area contributed by atoms with Crippen LogP contribution in [0.5, 0.6) is 0 Å². The van der Waals surface area contributed by atoms with Crippen molar-refractivity contribution >= 4 is 0 Å². The smallest absolute Gasteiger partial charge is 0.0295 e. The maximum atomic E-state index is 3.86. The van der Waals surface area contributed by atoms with Crippen molar-refractivity contribution < 1.29 is 0 Å². The Balaban J connectivity index is 1.58. The molecule has 2 N–H and O–H groups in total. The van der Waals surface area contributed by atoms with Crippen LogP contribution in [-0.4, -0.2) is 12.1 Å². The second-order valence-electron chi connectivity index (χ2n) is 6.66. The molecule has 122 valence electrons. The molecule has 0 aromatic heterocycles. The minimum Gasteiger partial charge on any atom is -0.308 e. The van der Waals surface area contributed by atoms with Gasteiger partial charge in [-0.25, -0.2) is 0 Å². The van der Waals surface area contributed by atoms with Crippen molar-refractivity contribution in [3.05, 3.63) is 71.8 Å². The van der Waals surface area contributed by atoms with Crippen LogP contribution in [0, 0.1) is 0 Å². The van der Waals surface area contributed by atoms with Crippen molar-refractivity contribution in [3.63, 3.8) is 0 Å². The van der Waals surface area contributed by atoms with Crippen LogP contribution in [0.4, 0.5) is 0 Å². The molecule has 0 unspecified atom stereocenters. The quantitative estimate of drug-likeness (QED) is 0.824. The Morgan fingerprint density at radius 3 is 2.17 bits per heavy atom. The van der Waals surface area contributed by atoms with Gasteiger partial charge in [-0.05, 0) is 30.9 Å². The molecule has 3 rings (SSSR count). The van der Waals surface area contributed by atoms with Crippen LogP contribution in [0.15, 0.2) is 60.7 Å². The molecule has 1 aliphatic carbocycles. The maximum absolute atomic E-state index is 3.86. The molecule has 2 heteroatoms. The van der Waals surface area contributed by atoms with Crippen molar-refractivity contribution in [3.8, 4) is 0 Å². The second kappa shape index (κ2) is 8.28. The van der Waals surface area contributed by atoms with Gasteiger partial charge in [0, 0.05) is 24.7 Å². The first-order chi connectivity index (χ1) is 11.3. The van der Waals surface area contributed by atoms with Crippen LogP contribution in [-0.2, 0) is 6.54 Å². The lowest BCUT2D eigenvalue weighted by Gasteiger charge is -2.35. The van der Waals surface area contributed by atoms with Gasteiger partial charge in [-0.2, -0.15) is 0 Å². The summed E-state index contributed by atoms with van der Waals surface area (Å²) >= 11 is 0. The van der Waals surface area contributed by atoms with Gasteiger partial charge < -0.3 is 10.6 Å². The summed E-state index contributed by atoms with van der Waals surface area (Å²) in [5.41, 5.74) is 2.74. The molecule has 0 heterocycles. The molecular formula is C21H28N2. The fourth-order valence-electron chi connectivity index (χ4n) is 3.58. The van der Waals surface area contributed by atoms with Gasteiger partial charge in [0.1, 0.15) is 0 Å². The normalized spacial score (nSPS) is 22.7. The summed E-state index contributed by atoms with van der Waals surface area (Å²) in [5, 5.41) is 7.64. The number of benzene rings is 2. The van der Waals surface area contributed by atoms with Crippen molar-refractivity contribution in [2.24, 2.45) is 0 Å². The number of hydrogen-bond acceptors (Lipinski definition) is 2. The van der Waals surface area contributed by atoms with Gasteiger partial charge >= 0.3 is 0 Å². The highest BCUT2D eigenvalue weighted by atomic mass is 15.0. The Kier molecular flexibility index (Phi) is 5.84. The van der Waals surface area contributed by atoms with Crippen molar-refractivity contribution in [2.45, 2.75) is 57.3 Å². The van der Waals surface area contributed by atoms with E-state index in [1.165, 1.54) is 36.8 Å². The van der Waals surface area contributed by atoms with Gasteiger partial charge in [-0.1, -0.05) is 73.5 Å². The molecule has 2 aromatic rings. The van der Waals surface area contributed by atoms with E-state index in [4.69, 9.17) is 0 Å². The lowest BCUT2D eigenvalue weighted by atomic mass is 9.89. The molecule has 2 nitrogen and oxygen atoms in total. The maximum Gasteiger partial charge on any atom is 0.0295 e. The van der Waals surface area contributed by atoms with Gasteiger partial charge in [0.2, 0.25) is 0 Å². The molecule has 1 aliphatic rings. The number of hydrogen-bond donors (Lipinski definition) is 2. The zero-order valence-electron chi connectivity index (χ0n) is 14.0. The predicted molar refractivity (Wildman–Crippen MR) is 97.3 cm³/mol. The van der Waals surface area contributed by atoms with Gasteiger partial charge in [-0.3, -0.25) is 0 Å². The van der Waals surface area contributed by atoms with Crippen LogP contribution in [0.25, 0.3) is 0 Å². The molecule has 2 aromatic carbocycles. The van der Waals surface area contributed by atoms with Crippen LogP contribution in [0.1, 0.15) is 49.8 Å². The second-order valence-corrected chi connectivity index (χ2v) is 6.66. The van der Waals surface area contributed by atoms with Crippen molar-refractivity contribution in [1.29, 1.82) is 0 Å². The van der Waals surface area contributed by atoms with Crippen LogP contribution in [0.3, 0.4) is 0 Å². The molecule has 0 saturated heterocycles. The third-order valence-electron chi connectivity index (χ3n) is 4.94. The largest absolute Gasteiger partial charge is 0.308 e. The Bertz CT molecular complexity index is 567. The highest BCUT2D eigenvalue weighted by Crippen LogP contribution is 2.22. The first-order valence-electron chi connectivity index (χ1n) is 8.91. The monoisotopic (exact) mass is 308 g/mol. The summed E-state index contributed by atoms with van der Waals surface area (Å²) in [6.07, 6.45) is 5.21. The van der Waals surface area contributed by atoms with Crippen LogP contribution in [0.2, 0.25) is 0 Å². The topological polar surface area (TPSA) is 24.1 Å². The number of rotatable bonds is 6. The van der Waals surface area contributed by atoms with E-state index in [1.807, 2.05) is 0 Å². The van der Waals surface area contributed by atoms with Gasteiger partial charge in [0.15, 0.2) is 0 Å². The van der Waals surface area contributed by atoms with E-state index in [-0.39, 0.29) is 0 Å². The molecule has 1 saturated carbocycles. The lowest BCUT2D eigenvalue weighted by molar-refractivity contribution is 0.266. The first kappa shape index (κ1) is 16.2. The molecule has 0 spiro atoms. The molecule has 3 atom stereocenters. The summed E-state index contributed by atoms with van der Waals surface area (Å²) < 4.78 is 0. The molecule has 23 heavy (non-hydrogen) atoms. The van der Waals surface area contributed by atoms with E-state index in [9.17, 15) is 0 Å². The lowest BCUT2D eigenvalue weighted by Crippen LogP contribution is -2.50. The van der Waals surface area contributed by atoms with E-state index < -0.39 is 0 Å². The van der Waals surface area contributed by atoms with E-state index in [0.29, 0.717) is 18.1 Å². The minimum absolute atomic E-state index is 0.403. The zero-order chi connectivity index (χ0) is 15.9. The van der Waals surface area contributed by atoms with E-state index >= 15 is 0 Å². The third kappa shape index (κ3) is 4.66. The van der Waals surface area contributed by atoms with Crippen LogP contribution < -0.4 is 10.6 Å². The SMILES string of the molecule is C[C@H](N[C@@H]1CCCC[C@H]1NCc1ccccc1)c1ccccc1. The fourth-order valence-corrected chi connectivity index (χ4v) is 3.58. The number of nitrogens with one attached hydrogen (secondary N) is 2. The minimum atomic E-state index is 0.403. The van der Waals surface area contributed by atoms with Crippen molar-refractivity contribution in [1.82, 2.24) is 10.6 Å². The van der Waals surface area contributed by atoms with Crippen LogP contribution >= 0.6 is 0 Å². The van der Waals surface area contributed by atoms with Gasteiger partial charge in [0.05, 0.1) is 0 Å². The molecule has 1 fully saturated rings. The van der Waals surface area contributed by atoms with E-state index in [2.05, 4.69) is 78.2 Å². The average molecular weight is 308 g/mol. The third-order valence-corrected chi connectivity index (χ3v) is 4.94. The molecule has 0 amide bonds. The summed E-state index contributed by atoms with van der Waals surface area (Å²) in [4.78, 5) is 0. The Morgan fingerprint density at radius 1 is 0.870 bits per heavy atom. The summed E-state index contributed by atoms with van der Waals surface area (Å²) in [6, 6.07) is 23.0. The summed E-state index contributed by atoms with van der Waals surface area (Å²) in [6.45, 7) is 3.24. The molecule has 0 radical (unpaired) electrons. The molecular weight excluding hydrogens is 280 g/mol. The Morgan fingerprint density at radius 2 is 1.48 bits per heavy atom. The van der Waals surface area contributed by atoms with Crippen molar-refractivity contribution in [2.75, 3.05) is 0 Å². The van der Waals surface area contributed by atoms with E-state index in [1.54, 1.807) is 0 Å². The summed E-state index contributed by atoms with van der Waals surface area (Å²) in [5.74, 6) is 0. The first-order valence-corrected chi connectivity index (χ1v) is 8.91. The average Bonchev–Trinajstić information content (AvgIpc) is 2.62. The predicted octanol–water partition coefficient (Wildman–Crippen LogP) is 4.44. The van der Waals surface area contributed by atoms with Gasteiger partial charge in [0.25, 0.3) is 0 Å².